The normalized spacial score (nSPS) is 13.0. The van der Waals surface area contributed by atoms with E-state index in [1.807, 2.05) is 25.1 Å². The van der Waals surface area contributed by atoms with Crippen LogP contribution in [0.2, 0.25) is 0 Å². The number of hydrogen-bond acceptors (Lipinski definition) is 5. The van der Waals surface area contributed by atoms with Gasteiger partial charge in [-0.2, -0.15) is 0 Å². The van der Waals surface area contributed by atoms with Crippen LogP contribution in [0.5, 0.6) is 0 Å². The highest BCUT2D eigenvalue weighted by molar-refractivity contribution is 5.68. The minimum atomic E-state index is 0.717. The highest BCUT2D eigenvalue weighted by Gasteiger charge is 2.21. The van der Waals surface area contributed by atoms with Crippen LogP contribution in [0, 0.1) is 6.92 Å². The molecule has 0 radical (unpaired) electrons. The van der Waals surface area contributed by atoms with Gasteiger partial charge >= 0.3 is 0 Å². The summed E-state index contributed by atoms with van der Waals surface area (Å²) in [6.45, 7) is 3.61. The van der Waals surface area contributed by atoms with Crippen LogP contribution in [0.25, 0.3) is 0 Å². The van der Waals surface area contributed by atoms with Crippen LogP contribution in [-0.4, -0.2) is 21.5 Å². The number of aromatic nitrogens is 3. The van der Waals surface area contributed by atoms with Crippen molar-refractivity contribution in [3.8, 4) is 0 Å². The molecular formula is C19H19N5. The van der Waals surface area contributed by atoms with E-state index >= 15 is 0 Å². The maximum atomic E-state index is 4.63. The maximum absolute atomic E-state index is 4.63. The Hall–Kier alpha value is -2.95. The summed E-state index contributed by atoms with van der Waals surface area (Å²) >= 11 is 0. The van der Waals surface area contributed by atoms with E-state index < -0.39 is 0 Å². The first-order valence-corrected chi connectivity index (χ1v) is 8.13. The summed E-state index contributed by atoms with van der Waals surface area (Å²) in [4.78, 5) is 15.5. The molecule has 1 aliphatic rings. The lowest BCUT2D eigenvalue weighted by Gasteiger charge is -2.19. The highest BCUT2D eigenvalue weighted by atomic mass is 15.2. The average molecular weight is 317 g/mol. The van der Waals surface area contributed by atoms with E-state index in [0.717, 1.165) is 37.0 Å². The maximum Gasteiger partial charge on any atom is 0.138 e. The van der Waals surface area contributed by atoms with Gasteiger partial charge in [0, 0.05) is 37.2 Å². The molecule has 0 unspecified atom stereocenters. The topological polar surface area (TPSA) is 53.9 Å². The van der Waals surface area contributed by atoms with E-state index in [9.17, 15) is 0 Å². The molecule has 0 fully saturated rings. The first kappa shape index (κ1) is 14.6. The lowest BCUT2D eigenvalue weighted by Crippen LogP contribution is -2.16. The predicted octanol–water partition coefficient (Wildman–Crippen LogP) is 3.49. The molecule has 0 amide bonds. The molecule has 4 rings (SSSR count). The molecule has 3 aromatic rings. The summed E-state index contributed by atoms with van der Waals surface area (Å²) in [7, 11) is 0. The van der Waals surface area contributed by atoms with Crippen LogP contribution in [0.4, 0.5) is 17.3 Å². The second-order valence-electron chi connectivity index (χ2n) is 5.90. The number of rotatable bonds is 4. The van der Waals surface area contributed by atoms with Crippen molar-refractivity contribution in [2.75, 3.05) is 16.8 Å². The number of para-hydroxylation sites is 1. The minimum absolute atomic E-state index is 0.717. The van der Waals surface area contributed by atoms with Crippen LogP contribution >= 0.6 is 0 Å². The summed E-state index contributed by atoms with van der Waals surface area (Å²) in [5, 5.41) is 3.38. The number of anilines is 3. The third-order valence-corrected chi connectivity index (χ3v) is 4.21. The van der Waals surface area contributed by atoms with Gasteiger partial charge in [0.1, 0.15) is 17.5 Å². The molecule has 0 aliphatic carbocycles. The van der Waals surface area contributed by atoms with Gasteiger partial charge in [0.2, 0.25) is 0 Å². The van der Waals surface area contributed by atoms with Crippen molar-refractivity contribution in [2.45, 2.75) is 19.9 Å². The standard InChI is InChI=1S/C19H19N5/c1-14-22-18(21-13-15-6-9-20-10-7-15)12-19(23-14)24-11-8-16-4-2-3-5-17(16)24/h2-7,9-10,12H,8,11,13H2,1H3,(H,21,22,23). The van der Waals surface area contributed by atoms with Crippen molar-refractivity contribution < 1.29 is 0 Å². The average Bonchev–Trinajstić information content (AvgIpc) is 3.05. The molecule has 120 valence electrons. The minimum Gasteiger partial charge on any atom is -0.366 e. The lowest BCUT2D eigenvalue weighted by atomic mass is 10.2. The zero-order chi connectivity index (χ0) is 16.4. The number of pyridine rings is 1. The molecule has 24 heavy (non-hydrogen) atoms. The zero-order valence-corrected chi connectivity index (χ0v) is 13.6. The van der Waals surface area contributed by atoms with E-state index in [2.05, 4.69) is 49.4 Å². The molecule has 1 aromatic carbocycles. The SMILES string of the molecule is Cc1nc(NCc2ccncc2)cc(N2CCc3ccccc32)n1. The van der Waals surface area contributed by atoms with E-state index in [1.165, 1.54) is 16.8 Å². The molecule has 1 aliphatic heterocycles. The summed E-state index contributed by atoms with van der Waals surface area (Å²) in [5.41, 5.74) is 3.80. The molecular weight excluding hydrogens is 298 g/mol. The number of nitrogens with zero attached hydrogens (tertiary/aromatic N) is 4. The first-order valence-electron chi connectivity index (χ1n) is 8.13. The van der Waals surface area contributed by atoms with Crippen molar-refractivity contribution in [2.24, 2.45) is 0 Å². The Kier molecular flexibility index (Phi) is 3.83. The van der Waals surface area contributed by atoms with Gasteiger partial charge in [0.15, 0.2) is 0 Å². The van der Waals surface area contributed by atoms with Gasteiger partial charge in [-0.25, -0.2) is 9.97 Å². The van der Waals surface area contributed by atoms with Crippen molar-refractivity contribution >= 4 is 17.3 Å². The highest BCUT2D eigenvalue weighted by Crippen LogP contribution is 2.33. The van der Waals surface area contributed by atoms with Crippen molar-refractivity contribution in [3.63, 3.8) is 0 Å². The summed E-state index contributed by atoms with van der Waals surface area (Å²) in [6, 6.07) is 14.5. The van der Waals surface area contributed by atoms with Gasteiger partial charge < -0.3 is 10.2 Å². The second-order valence-corrected chi connectivity index (χ2v) is 5.90. The van der Waals surface area contributed by atoms with E-state index in [1.54, 1.807) is 12.4 Å². The van der Waals surface area contributed by atoms with Crippen LogP contribution in [0.3, 0.4) is 0 Å². The summed E-state index contributed by atoms with van der Waals surface area (Å²) < 4.78 is 0. The first-order chi connectivity index (χ1) is 11.8. The Morgan fingerprint density at radius 1 is 1.08 bits per heavy atom. The molecule has 5 nitrogen and oxygen atoms in total. The van der Waals surface area contributed by atoms with Crippen molar-refractivity contribution in [1.29, 1.82) is 0 Å². The Morgan fingerprint density at radius 2 is 1.92 bits per heavy atom. The lowest BCUT2D eigenvalue weighted by molar-refractivity contribution is 0.940. The number of fused-ring (bicyclic) bond motifs is 1. The molecule has 0 saturated carbocycles. The van der Waals surface area contributed by atoms with Gasteiger partial charge in [-0.05, 0) is 42.7 Å². The van der Waals surface area contributed by atoms with Crippen molar-refractivity contribution in [3.05, 3.63) is 71.8 Å². The molecule has 0 bridgehead atoms. The number of benzene rings is 1. The fraction of sp³-hybridized carbons (Fsp3) is 0.211. The molecule has 0 spiro atoms. The number of nitrogens with one attached hydrogen (secondary N) is 1. The summed E-state index contributed by atoms with van der Waals surface area (Å²) in [5.74, 6) is 2.57. The molecule has 2 aromatic heterocycles. The van der Waals surface area contributed by atoms with Gasteiger partial charge in [-0.15, -0.1) is 0 Å². The monoisotopic (exact) mass is 317 g/mol. The summed E-state index contributed by atoms with van der Waals surface area (Å²) in [6.07, 6.45) is 4.66. The Labute approximate surface area is 141 Å². The molecule has 0 saturated heterocycles. The zero-order valence-electron chi connectivity index (χ0n) is 13.6. The van der Waals surface area contributed by atoms with Gasteiger partial charge in [0.05, 0.1) is 0 Å². The fourth-order valence-electron chi connectivity index (χ4n) is 3.05. The Bertz CT molecular complexity index is 847. The number of hydrogen-bond donors (Lipinski definition) is 1. The van der Waals surface area contributed by atoms with Crippen LogP contribution in [0.15, 0.2) is 54.9 Å². The fourth-order valence-corrected chi connectivity index (χ4v) is 3.05. The quantitative estimate of drug-likeness (QED) is 0.798. The Balaban J connectivity index is 1.58. The predicted molar refractivity (Wildman–Crippen MR) is 95.5 cm³/mol. The van der Waals surface area contributed by atoms with Gasteiger partial charge in [0.25, 0.3) is 0 Å². The Morgan fingerprint density at radius 3 is 2.79 bits per heavy atom. The molecule has 0 atom stereocenters. The van der Waals surface area contributed by atoms with E-state index in [4.69, 9.17) is 0 Å². The van der Waals surface area contributed by atoms with Crippen LogP contribution < -0.4 is 10.2 Å². The van der Waals surface area contributed by atoms with E-state index in [0.29, 0.717) is 0 Å². The molecule has 5 heteroatoms. The van der Waals surface area contributed by atoms with Gasteiger partial charge in [-0.3, -0.25) is 4.98 Å². The smallest absolute Gasteiger partial charge is 0.138 e. The largest absolute Gasteiger partial charge is 0.366 e. The third kappa shape index (κ3) is 2.93. The van der Waals surface area contributed by atoms with Crippen LogP contribution in [-0.2, 0) is 13.0 Å². The van der Waals surface area contributed by atoms with Crippen molar-refractivity contribution in [1.82, 2.24) is 15.0 Å². The second kappa shape index (κ2) is 6.28. The van der Waals surface area contributed by atoms with E-state index in [-0.39, 0.29) is 0 Å². The third-order valence-electron chi connectivity index (χ3n) is 4.21. The number of aryl methyl sites for hydroxylation is 1. The van der Waals surface area contributed by atoms with Gasteiger partial charge in [-0.1, -0.05) is 18.2 Å². The molecule has 1 N–H and O–H groups in total. The van der Waals surface area contributed by atoms with Crippen LogP contribution in [0.1, 0.15) is 17.0 Å². The molecule has 3 heterocycles.